The van der Waals surface area contributed by atoms with Crippen LogP contribution in [0.4, 0.5) is 11.4 Å². The van der Waals surface area contributed by atoms with Crippen molar-refractivity contribution in [2.45, 2.75) is 13.8 Å². The van der Waals surface area contributed by atoms with E-state index in [1.54, 1.807) is 31.3 Å². The molecule has 2 aromatic carbocycles. The molecule has 0 fully saturated rings. The third-order valence-corrected chi connectivity index (χ3v) is 4.65. The van der Waals surface area contributed by atoms with Gasteiger partial charge in [0.15, 0.2) is 6.61 Å². The van der Waals surface area contributed by atoms with E-state index in [0.717, 1.165) is 16.8 Å². The van der Waals surface area contributed by atoms with E-state index in [4.69, 9.17) is 4.74 Å². The summed E-state index contributed by atoms with van der Waals surface area (Å²) in [7, 11) is 1.55. The van der Waals surface area contributed by atoms with Gasteiger partial charge in [-0.2, -0.15) is 0 Å². The Morgan fingerprint density at radius 2 is 1.79 bits per heavy atom. The van der Waals surface area contributed by atoms with Crippen molar-refractivity contribution in [3.8, 4) is 5.75 Å². The number of carbonyl (C=O) groups is 3. The third-order valence-electron chi connectivity index (χ3n) is 4.65. The van der Waals surface area contributed by atoms with Crippen molar-refractivity contribution in [3.63, 3.8) is 0 Å². The molecule has 0 radical (unpaired) electrons. The van der Waals surface area contributed by atoms with E-state index in [-0.39, 0.29) is 37.4 Å². The van der Waals surface area contributed by atoms with Gasteiger partial charge in [0.1, 0.15) is 12.3 Å². The van der Waals surface area contributed by atoms with Gasteiger partial charge in [0, 0.05) is 12.7 Å². The summed E-state index contributed by atoms with van der Waals surface area (Å²) < 4.78 is 5.38. The zero-order chi connectivity index (χ0) is 20.3. The molecule has 28 heavy (non-hydrogen) atoms. The molecule has 1 N–H and O–H groups in total. The quantitative estimate of drug-likeness (QED) is 0.861. The van der Waals surface area contributed by atoms with E-state index < -0.39 is 0 Å². The van der Waals surface area contributed by atoms with Gasteiger partial charge in [-0.25, -0.2) is 0 Å². The van der Waals surface area contributed by atoms with Crippen LogP contribution in [-0.2, 0) is 14.4 Å². The number of hydrogen-bond donors (Lipinski definition) is 1. The van der Waals surface area contributed by atoms with Crippen molar-refractivity contribution < 1.29 is 19.1 Å². The molecule has 146 valence electrons. The molecule has 1 heterocycles. The number of carbonyl (C=O) groups excluding carboxylic acids is 3. The first-order valence-corrected chi connectivity index (χ1v) is 8.99. The van der Waals surface area contributed by atoms with Gasteiger partial charge in [0.2, 0.25) is 11.8 Å². The summed E-state index contributed by atoms with van der Waals surface area (Å²) >= 11 is 0. The van der Waals surface area contributed by atoms with Crippen LogP contribution in [0.25, 0.3) is 0 Å². The molecule has 0 aliphatic carbocycles. The molecule has 2 aromatic rings. The highest BCUT2D eigenvalue weighted by molar-refractivity contribution is 6.03. The van der Waals surface area contributed by atoms with E-state index in [0.29, 0.717) is 11.4 Å². The van der Waals surface area contributed by atoms with Gasteiger partial charge in [-0.1, -0.05) is 30.3 Å². The normalized spacial score (nSPS) is 12.8. The van der Waals surface area contributed by atoms with Crippen LogP contribution in [0.5, 0.6) is 5.75 Å². The number of hydrogen-bond acceptors (Lipinski definition) is 4. The Balaban J connectivity index is 1.63. The maximum absolute atomic E-state index is 12.6. The topological polar surface area (TPSA) is 79.0 Å². The molecule has 0 saturated heterocycles. The molecule has 3 amide bonds. The molecule has 0 bridgehead atoms. The van der Waals surface area contributed by atoms with Gasteiger partial charge < -0.3 is 15.0 Å². The zero-order valence-corrected chi connectivity index (χ0v) is 16.2. The number of fused-ring (bicyclic) bond motifs is 1. The molecular formula is C21H23N3O4. The van der Waals surface area contributed by atoms with Gasteiger partial charge in [0.25, 0.3) is 5.91 Å². The van der Waals surface area contributed by atoms with E-state index in [9.17, 15) is 14.4 Å². The molecule has 7 heteroatoms. The van der Waals surface area contributed by atoms with E-state index >= 15 is 0 Å². The fourth-order valence-corrected chi connectivity index (χ4v) is 3.08. The summed E-state index contributed by atoms with van der Waals surface area (Å²) in [4.78, 5) is 39.9. The average Bonchev–Trinajstić information content (AvgIpc) is 2.67. The van der Waals surface area contributed by atoms with Crippen molar-refractivity contribution >= 4 is 29.1 Å². The molecular weight excluding hydrogens is 358 g/mol. The number of amides is 3. The number of benzene rings is 2. The third kappa shape index (κ3) is 4.14. The first-order valence-electron chi connectivity index (χ1n) is 8.99. The number of aryl methyl sites for hydroxylation is 2. The van der Waals surface area contributed by atoms with Crippen molar-refractivity contribution in [2.24, 2.45) is 0 Å². The Kier molecular flexibility index (Phi) is 5.63. The summed E-state index contributed by atoms with van der Waals surface area (Å²) in [6.07, 6.45) is 0. The van der Waals surface area contributed by atoms with Crippen LogP contribution in [0.15, 0.2) is 42.5 Å². The number of likely N-dealkylation sites (N-methyl/N-ethyl adjacent to an activating group) is 1. The summed E-state index contributed by atoms with van der Waals surface area (Å²) in [6.45, 7) is 3.47. The Morgan fingerprint density at radius 3 is 2.50 bits per heavy atom. The number of rotatable bonds is 5. The highest BCUT2D eigenvalue weighted by atomic mass is 16.5. The van der Waals surface area contributed by atoms with E-state index in [2.05, 4.69) is 5.32 Å². The summed E-state index contributed by atoms with van der Waals surface area (Å²) in [5, 5.41) is 2.86. The molecule has 1 aliphatic heterocycles. The minimum Gasteiger partial charge on any atom is -0.482 e. The molecule has 0 saturated carbocycles. The van der Waals surface area contributed by atoms with E-state index in [1.165, 1.54) is 9.80 Å². The second-order valence-electron chi connectivity index (χ2n) is 6.80. The van der Waals surface area contributed by atoms with Gasteiger partial charge in [-0.05, 0) is 37.1 Å². The first-order chi connectivity index (χ1) is 13.4. The van der Waals surface area contributed by atoms with Crippen LogP contribution in [0.3, 0.4) is 0 Å². The SMILES string of the molecule is Cc1cccc(C)c1NC(=O)CN(C)C(=O)CN1C(=O)COc2ccccc21. The number of anilines is 2. The molecule has 7 nitrogen and oxygen atoms in total. The average molecular weight is 381 g/mol. The summed E-state index contributed by atoms with van der Waals surface area (Å²) in [6, 6.07) is 12.8. The van der Waals surface area contributed by atoms with Crippen LogP contribution in [-0.4, -0.2) is 49.4 Å². The maximum atomic E-state index is 12.6. The smallest absolute Gasteiger partial charge is 0.265 e. The van der Waals surface area contributed by atoms with Gasteiger partial charge in [-0.3, -0.25) is 19.3 Å². The Hall–Kier alpha value is -3.35. The zero-order valence-electron chi connectivity index (χ0n) is 16.2. The Morgan fingerprint density at radius 1 is 1.11 bits per heavy atom. The van der Waals surface area contributed by atoms with Crippen LogP contribution in [0, 0.1) is 13.8 Å². The van der Waals surface area contributed by atoms with Crippen LogP contribution in [0.2, 0.25) is 0 Å². The lowest BCUT2D eigenvalue weighted by Crippen LogP contribution is -2.46. The molecule has 0 unspecified atom stereocenters. The largest absolute Gasteiger partial charge is 0.482 e. The fraction of sp³-hybridized carbons (Fsp3) is 0.286. The standard InChI is InChI=1S/C21H23N3O4/c1-14-7-6-8-15(2)21(14)22-18(25)11-23(3)19(26)12-24-16-9-4-5-10-17(16)28-13-20(24)27/h4-10H,11-13H2,1-3H3,(H,22,25). The molecule has 3 rings (SSSR count). The monoisotopic (exact) mass is 381 g/mol. The summed E-state index contributed by atoms with van der Waals surface area (Å²) in [5.41, 5.74) is 3.22. The van der Waals surface area contributed by atoms with Crippen LogP contribution in [0.1, 0.15) is 11.1 Å². The highest BCUT2D eigenvalue weighted by Crippen LogP contribution is 2.31. The van der Waals surface area contributed by atoms with Crippen molar-refractivity contribution in [3.05, 3.63) is 53.6 Å². The Labute approximate surface area is 163 Å². The second-order valence-corrected chi connectivity index (χ2v) is 6.80. The van der Waals surface area contributed by atoms with Gasteiger partial charge in [0.05, 0.1) is 12.2 Å². The van der Waals surface area contributed by atoms with Gasteiger partial charge >= 0.3 is 0 Å². The second kappa shape index (κ2) is 8.12. The lowest BCUT2D eigenvalue weighted by molar-refractivity contribution is -0.133. The lowest BCUT2D eigenvalue weighted by Gasteiger charge is -2.30. The van der Waals surface area contributed by atoms with Crippen molar-refractivity contribution in [1.82, 2.24) is 4.90 Å². The Bertz CT molecular complexity index is 905. The number of ether oxygens (including phenoxy) is 1. The number of nitrogens with one attached hydrogen (secondary N) is 1. The predicted octanol–water partition coefficient (Wildman–Crippen LogP) is 2.13. The molecule has 0 spiro atoms. The first kappa shape index (κ1) is 19.4. The van der Waals surface area contributed by atoms with Gasteiger partial charge in [-0.15, -0.1) is 0 Å². The maximum Gasteiger partial charge on any atom is 0.265 e. The molecule has 0 aromatic heterocycles. The number of nitrogens with zero attached hydrogens (tertiary/aromatic N) is 2. The van der Waals surface area contributed by atoms with Crippen molar-refractivity contribution in [2.75, 3.05) is 37.0 Å². The highest BCUT2D eigenvalue weighted by Gasteiger charge is 2.28. The molecule has 1 aliphatic rings. The predicted molar refractivity (Wildman–Crippen MR) is 106 cm³/mol. The van der Waals surface area contributed by atoms with Crippen molar-refractivity contribution in [1.29, 1.82) is 0 Å². The summed E-state index contributed by atoms with van der Waals surface area (Å²) in [5.74, 6) is -0.352. The fourth-order valence-electron chi connectivity index (χ4n) is 3.08. The number of para-hydroxylation sites is 3. The van der Waals surface area contributed by atoms with Crippen LogP contribution < -0.4 is 15.0 Å². The minimum absolute atomic E-state index is 0.104. The lowest BCUT2D eigenvalue weighted by atomic mass is 10.1. The van der Waals surface area contributed by atoms with Crippen LogP contribution >= 0.6 is 0 Å². The molecule has 0 atom stereocenters. The minimum atomic E-state index is -0.332. The van der Waals surface area contributed by atoms with E-state index in [1.807, 2.05) is 32.0 Å².